The molecule has 2 nitrogen and oxygen atoms in total. The third kappa shape index (κ3) is 4.05. The highest BCUT2D eigenvalue weighted by molar-refractivity contribution is 5.93. The number of nitrogens with one attached hydrogen (secondary N) is 1. The van der Waals surface area contributed by atoms with Crippen molar-refractivity contribution in [3.8, 4) is 0 Å². The van der Waals surface area contributed by atoms with Crippen LogP contribution in [0.15, 0.2) is 18.2 Å². The second kappa shape index (κ2) is 7.91. The first-order valence-corrected chi connectivity index (χ1v) is 6.15. The fraction of sp³-hybridized carbons (Fsp3) is 0.500. The van der Waals surface area contributed by atoms with Crippen LogP contribution in [-0.4, -0.2) is 5.91 Å². The van der Waals surface area contributed by atoms with Gasteiger partial charge in [0.2, 0.25) is 5.91 Å². The van der Waals surface area contributed by atoms with Crippen molar-refractivity contribution >= 4 is 11.6 Å². The van der Waals surface area contributed by atoms with Crippen LogP contribution in [0.3, 0.4) is 0 Å². The molecule has 0 atom stereocenters. The van der Waals surface area contributed by atoms with E-state index < -0.39 is 0 Å². The van der Waals surface area contributed by atoms with Crippen molar-refractivity contribution in [1.29, 1.82) is 0 Å². The summed E-state index contributed by atoms with van der Waals surface area (Å²) < 4.78 is 0. The molecule has 0 saturated heterocycles. The lowest BCUT2D eigenvalue weighted by molar-refractivity contribution is -0.116. The Bertz CT molecular complexity index is 332. The lowest BCUT2D eigenvalue weighted by Crippen LogP contribution is -2.18. The van der Waals surface area contributed by atoms with Gasteiger partial charge in [0.25, 0.3) is 0 Å². The SMILES string of the molecule is CC.CC.Cc1ccc2c(c1)CCC(=O)N2. The number of anilines is 1. The molecule has 0 fully saturated rings. The van der Waals surface area contributed by atoms with Gasteiger partial charge in [-0.15, -0.1) is 0 Å². The molecule has 1 aromatic rings. The normalized spacial score (nSPS) is 12.2. The van der Waals surface area contributed by atoms with Crippen LogP contribution in [-0.2, 0) is 11.2 Å². The summed E-state index contributed by atoms with van der Waals surface area (Å²) in [4.78, 5) is 11.0. The molecule has 0 saturated carbocycles. The third-order valence-corrected chi connectivity index (χ3v) is 2.16. The lowest BCUT2D eigenvalue weighted by Gasteiger charge is -2.16. The van der Waals surface area contributed by atoms with E-state index in [-0.39, 0.29) is 5.91 Å². The fourth-order valence-electron chi connectivity index (χ4n) is 1.51. The van der Waals surface area contributed by atoms with E-state index in [1.807, 2.05) is 39.8 Å². The van der Waals surface area contributed by atoms with Gasteiger partial charge in [-0.05, 0) is 25.0 Å². The molecule has 1 heterocycles. The average molecular weight is 221 g/mol. The van der Waals surface area contributed by atoms with Crippen molar-refractivity contribution in [3.05, 3.63) is 29.3 Å². The number of amides is 1. The molecule has 1 aliphatic rings. The molecule has 2 heteroatoms. The molecule has 0 aliphatic carbocycles. The maximum Gasteiger partial charge on any atom is 0.224 e. The van der Waals surface area contributed by atoms with Gasteiger partial charge in [0.15, 0.2) is 0 Å². The Hall–Kier alpha value is -1.31. The summed E-state index contributed by atoms with van der Waals surface area (Å²) in [7, 11) is 0. The number of benzene rings is 1. The Kier molecular flexibility index (Phi) is 7.27. The Balaban J connectivity index is 0.000000509. The molecule has 1 N–H and O–H groups in total. The van der Waals surface area contributed by atoms with Gasteiger partial charge in [-0.3, -0.25) is 4.79 Å². The molecule has 0 unspecified atom stereocenters. The van der Waals surface area contributed by atoms with Crippen LogP contribution in [0.25, 0.3) is 0 Å². The van der Waals surface area contributed by atoms with Crippen molar-refractivity contribution < 1.29 is 4.79 Å². The van der Waals surface area contributed by atoms with Gasteiger partial charge in [0.05, 0.1) is 0 Å². The highest BCUT2D eigenvalue weighted by atomic mass is 16.1. The minimum atomic E-state index is 0.131. The van der Waals surface area contributed by atoms with E-state index >= 15 is 0 Å². The summed E-state index contributed by atoms with van der Waals surface area (Å²) >= 11 is 0. The molecule has 2 rings (SSSR count). The molecular weight excluding hydrogens is 198 g/mol. The second-order valence-corrected chi connectivity index (χ2v) is 3.21. The van der Waals surface area contributed by atoms with Crippen molar-refractivity contribution in [1.82, 2.24) is 0 Å². The average Bonchev–Trinajstić information content (AvgIpc) is 2.35. The zero-order valence-electron chi connectivity index (χ0n) is 11.1. The van der Waals surface area contributed by atoms with Crippen molar-refractivity contribution in [2.24, 2.45) is 0 Å². The van der Waals surface area contributed by atoms with Gasteiger partial charge in [-0.25, -0.2) is 0 Å². The molecule has 0 radical (unpaired) electrons. The van der Waals surface area contributed by atoms with E-state index in [0.717, 1.165) is 12.1 Å². The summed E-state index contributed by atoms with van der Waals surface area (Å²) in [6.07, 6.45) is 1.50. The molecule has 90 valence electrons. The zero-order valence-corrected chi connectivity index (χ0v) is 11.1. The number of rotatable bonds is 0. The predicted molar refractivity (Wildman–Crippen MR) is 70.8 cm³/mol. The number of aryl methyl sites for hydroxylation is 2. The van der Waals surface area contributed by atoms with E-state index in [1.165, 1.54) is 11.1 Å². The first-order chi connectivity index (χ1) is 7.75. The molecule has 0 spiro atoms. The molecular formula is C14H23NO. The van der Waals surface area contributed by atoms with Crippen LogP contribution in [0.2, 0.25) is 0 Å². The van der Waals surface area contributed by atoms with Gasteiger partial charge in [-0.1, -0.05) is 45.4 Å². The van der Waals surface area contributed by atoms with Crippen LogP contribution in [0.1, 0.15) is 45.2 Å². The zero-order chi connectivity index (χ0) is 12.6. The molecule has 0 bridgehead atoms. The van der Waals surface area contributed by atoms with E-state index in [4.69, 9.17) is 0 Å². The van der Waals surface area contributed by atoms with E-state index in [0.29, 0.717) is 6.42 Å². The van der Waals surface area contributed by atoms with Gasteiger partial charge < -0.3 is 5.32 Å². The van der Waals surface area contributed by atoms with Crippen molar-refractivity contribution in [2.75, 3.05) is 5.32 Å². The topological polar surface area (TPSA) is 29.1 Å². The number of hydrogen-bond donors (Lipinski definition) is 1. The predicted octanol–water partition coefficient (Wildman–Crippen LogP) is 3.93. The second-order valence-electron chi connectivity index (χ2n) is 3.21. The summed E-state index contributed by atoms with van der Waals surface area (Å²) in [5.74, 6) is 0.131. The van der Waals surface area contributed by atoms with Crippen LogP contribution < -0.4 is 5.32 Å². The number of hydrogen-bond acceptors (Lipinski definition) is 1. The maximum absolute atomic E-state index is 11.0. The highest BCUT2D eigenvalue weighted by Gasteiger charge is 2.13. The van der Waals surface area contributed by atoms with Gasteiger partial charge >= 0.3 is 0 Å². The Labute approximate surface area is 99.1 Å². The van der Waals surface area contributed by atoms with E-state index in [2.05, 4.69) is 18.3 Å². The van der Waals surface area contributed by atoms with E-state index in [1.54, 1.807) is 0 Å². The summed E-state index contributed by atoms with van der Waals surface area (Å²) in [5, 5.41) is 2.85. The smallest absolute Gasteiger partial charge is 0.224 e. The van der Waals surface area contributed by atoms with E-state index in [9.17, 15) is 4.79 Å². The van der Waals surface area contributed by atoms with Gasteiger partial charge in [0.1, 0.15) is 0 Å². The van der Waals surface area contributed by atoms with Crippen LogP contribution >= 0.6 is 0 Å². The summed E-state index contributed by atoms with van der Waals surface area (Å²) in [6.45, 7) is 10.1. The first kappa shape index (κ1) is 14.7. The Morgan fingerprint density at radius 1 is 1.06 bits per heavy atom. The number of fused-ring (bicyclic) bond motifs is 1. The molecule has 16 heavy (non-hydrogen) atoms. The summed E-state index contributed by atoms with van der Waals surface area (Å²) in [6, 6.07) is 6.13. The molecule has 1 aliphatic heterocycles. The van der Waals surface area contributed by atoms with Crippen LogP contribution in [0.5, 0.6) is 0 Å². The lowest BCUT2D eigenvalue weighted by atomic mass is 10.0. The Morgan fingerprint density at radius 2 is 1.69 bits per heavy atom. The largest absolute Gasteiger partial charge is 0.326 e. The minimum absolute atomic E-state index is 0.131. The maximum atomic E-state index is 11.0. The van der Waals surface area contributed by atoms with Crippen LogP contribution in [0.4, 0.5) is 5.69 Å². The molecule has 0 aromatic heterocycles. The highest BCUT2D eigenvalue weighted by Crippen LogP contribution is 2.22. The Morgan fingerprint density at radius 3 is 2.31 bits per heavy atom. The summed E-state index contributed by atoms with van der Waals surface area (Å²) in [5.41, 5.74) is 3.50. The quantitative estimate of drug-likeness (QED) is 0.706. The van der Waals surface area contributed by atoms with Gasteiger partial charge in [0, 0.05) is 12.1 Å². The standard InChI is InChI=1S/C10H11NO.2C2H6/c1-7-2-4-9-8(6-7)3-5-10(12)11-9;2*1-2/h2,4,6H,3,5H2,1H3,(H,11,12);2*1-2H3. The molecule has 1 amide bonds. The van der Waals surface area contributed by atoms with Gasteiger partial charge in [-0.2, -0.15) is 0 Å². The van der Waals surface area contributed by atoms with Crippen molar-refractivity contribution in [2.45, 2.75) is 47.5 Å². The fourth-order valence-corrected chi connectivity index (χ4v) is 1.51. The third-order valence-electron chi connectivity index (χ3n) is 2.16. The monoisotopic (exact) mass is 221 g/mol. The van der Waals surface area contributed by atoms with Crippen LogP contribution in [0, 0.1) is 6.92 Å². The number of carbonyl (C=O) groups excluding carboxylic acids is 1. The molecule has 1 aromatic carbocycles. The number of carbonyl (C=O) groups is 1. The first-order valence-electron chi connectivity index (χ1n) is 6.15. The van der Waals surface area contributed by atoms with Crippen molar-refractivity contribution in [3.63, 3.8) is 0 Å². The minimum Gasteiger partial charge on any atom is -0.326 e.